The Balaban J connectivity index is 2.07. The first kappa shape index (κ1) is 10.8. The molecule has 2 nitrogen and oxygen atoms in total. The van der Waals surface area contributed by atoms with Gasteiger partial charge in [0.1, 0.15) is 5.76 Å². The van der Waals surface area contributed by atoms with E-state index in [1.165, 1.54) is 0 Å². The third-order valence-corrected chi connectivity index (χ3v) is 3.15. The van der Waals surface area contributed by atoms with Crippen molar-refractivity contribution in [3.05, 3.63) is 51.3 Å². The van der Waals surface area contributed by atoms with Gasteiger partial charge in [0, 0.05) is 14.6 Å². The molecule has 0 amide bonds. The predicted octanol–water partition coefficient (Wildman–Crippen LogP) is 4.42. The van der Waals surface area contributed by atoms with E-state index in [2.05, 4.69) is 37.2 Å². The first-order valence-electron chi connectivity index (χ1n) is 4.47. The van der Waals surface area contributed by atoms with Crippen molar-refractivity contribution in [2.75, 3.05) is 5.32 Å². The van der Waals surface area contributed by atoms with E-state index >= 15 is 0 Å². The molecule has 1 aromatic heterocycles. The van der Waals surface area contributed by atoms with Gasteiger partial charge in [-0.1, -0.05) is 15.9 Å². The fraction of sp³-hybridized carbons (Fsp3) is 0.0909. The number of rotatable bonds is 3. The van der Waals surface area contributed by atoms with Crippen LogP contribution in [-0.2, 0) is 6.54 Å². The maximum atomic E-state index is 5.24. The minimum absolute atomic E-state index is 0.683. The van der Waals surface area contributed by atoms with E-state index in [0.717, 1.165) is 20.4 Å². The summed E-state index contributed by atoms with van der Waals surface area (Å²) in [6.45, 7) is 0.683. The van der Waals surface area contributed by atoms with Gasteiger partial charge < -0.3 is 9.73 Å². The molecular formula is C11H9Br2NO. The van der Waals surface area contributed by atoms with Crippen LogP contribution in [0.1, 0.15) is 5.76 Å². The van der Waals surface area contributed by atoms with Crippen LogP contribution in [0.2, 0.25) is 0 Å². The van der Waals surface area contributed by atoms with Crippen LogP contribution >= 0.6 is 31.9 Å². The molecule has 1 heterocycles. The highest BCUT2D eigenvalue weighted by atomic mass is 79.9. The van der Waals surface area contributed by atoms with E-state index in [1.807, 2.05) is 30.3 Å². The van der Waals surface area contributed by atoms with Crippen LogP contribution < -0.4 is 5.32 Å². The highest BCUT2D eigenvalue weighted by molar-refractivity contribution is 9.11. The summed E-state index contributed by atoms with van der Waals surface area (Å²) in [7, 11) is 0. The van der Waals surface area contributed by atoms with Gasteiger partial charge in [0.25, 0.3) is 0 Å². The second kappa shape index (κ2) is 4.86. The molecule has 2 aromatic rings. The zero-order valence-corrected chi connectivity index (χ0v) is 11.0. The summed E-state index contributed by atoms with van der Waals surface area (Å²) < 4.78 is 7.32. The van der Waals surface area contributed by atoms with Crippen LogP contribution in [0.5, 0.6) is 0 Å². The lowest BCUT2D eigenvalue weighted by molar-refractivity contribution is 0.518. The standard InChI is InChI=1S/C11H9Br2NO/c12-8-3-4-10(13)11(6-8)14-7-9-2-1-5-15-9/h1-6,14H,7H2. The van der Waals surface area contributed by atoms with Crippen molar-refractivity contribution in [1.29, 1.82) is 0 Å². The SMILES string of the molecule is Brc1ccc(Br)c(NCc2ccco2)c1. The molecular weight excluding hydrogens is 322 g/mol. The molecule has 0 atom stereocenters. The third kappa shape index (κ3) is 2.86. The van der Waals surface area contributed by atoms with Crippen molar-refractivity contribution in [3.63, 3.8) is 0 Å². The average molecular weight is 331 g/mol. The maximum Gasteiger partial charge on any atom is 0.122 e. The molecule has 15 heavy (non-hydrogen) atoms. The van der Waals surface area contributed by atoms with Crippen LogP contribution in [-0.4, -0.2) is 0 Å². The predicted molar refractivity (Wildman–Crippen MR) is 67.9 cm³/mol. The van der Waals surface area contributed by atoms with E-state index < -0.39 is 0 Å². The number of benzene rings is 1. The third-order valence-electron chi connectivity index (χ3n) is 1.96. The monoisotopic (exact) mass is 329 g/mol. The molecule has 0 spiro atoms. The molecule has 0 aliphatic heterocycles. The molecule has 78 valence electrons. The fourth-order valence-electron chi connectivity index (χ4n) is 1.23. The Morgan fingerprint density at radius 3 is 2.80 bits per heavy atom. The van der Waals surface area contributed by atoms with Crippen molar-refractivity contribution in [2.24, 2.45) is 0 Å². The first-order chi connectivity index (χ1) is 7.25. The first-order valence-corrected chi connectivity index (χ1v) is 6.05. The van der Waals surface area contributed by atoms with Gasteiger partial charge in [-0.3, -0.25) is 0 Å². The molecule has 0 saturated carbocycles. The molecule has 2 rings (SSSR count). The number of halogens is 2. The fourth-order valence-corrected chi connectivity index (χ4v) is 1.98. The summed E-state index contributed by atoms with van der Waals surface area (Å²) in [6, 6.07) is 9.83. The van der Waals surface area contributed by atoms with Gasteiger partial charge in [-0.05, 0) is 46.3 Å². The largest absolute Gasteiger partial charge is 0.467 e. The van der Waals surface area contributed by atoms with Crippen molar-refractivity contribution >= 4 is 37.5 Å². The van der Waals surface area contributed by atoms with Crippen LogP contribution in [0.15, 0.2) is 50.0 Å². The van der Waals surface area contributed by atoms with E-state index in [0.29, 0.717) is 6.54 Å². The highest BCUT2D eigenvalue weighted by Gasteiger charge is 2.01. The molecule has 0 aliphatic carbocycles. The Hall–Kier alpha value is -0.740. The van der Waals surface area contributed by atoms with Gasteiger partial charge in [-0.25, -0.2) is 0 Å². The molecule has 0 unspecified atom stereocenters. The number of hydrogen-bond acceptors (Lipinski definition) is 2. The zero-order chi connectivity index (χ0) is 10.7. The lowest BCUT2D eigenvalue weighted by Gasteiger charge is -2.07. The van der Waals surface area contributed by atoms with E-state index in [1.54, 1.807) is 6.26 Å². The summed E-state index contributed by atoms with van der Waals surface area (Å²) in [5.41, 5.74) is 1.04. The second-order valence-corrected chi connectivity index (χ2v) is 4.83. The molecule has 1 aromatic carbocycles. The Morgan fingerprint density at radius 2 is 2.07 bits per heavy atom. The molecule has 1 N–H and O–H groups in total. The van der Waals surface area contributed by atoms with Crippen LogP contribution in [0.25, 0.3) is 0 Å². The number of nitrogens with one attached hydrogen (secondary N) is 1. The number of furan rings is 1. The molecule has 4 heteroatoms. The summed E-state index contributed by atoms with van der Waals surface area (Å²) in [4.78, 5) is 0. The van der Waals surface area contributed by atoms with Crippen LogP contribution in [0.4, 0.5) is 5.69 Å². The summed E-state index contributed by atoms with van der Waals surface area (Å²) in [5, 5.41) is 3.29. The second-order valence-electron chi connectivity index (χ2n) is 3.06. The number of hydrogen-bond donors (Lipinski definition) is 1. The van der Waals surface area contributed by atoms with Crippen LogP contribution in [0.3, 0.4) is 0 Å². The Kier molecular flexibility index (Phi) is 3.49. The smallest absolute Gasteiger partial charge is 0.122 e. The zero-order valence-electron chi connectivity index (χ0n) is 7.84. The molecule has 0 saturated heterocycles. The van der Waals surface area contributed by atoms with E-state index in [-0.39, 0.29) is 0 Å². The maximum absolute atomic E-state index is 5.24. The van der Waals surface area contributed by atoms with Gasteiger partial charge in [-0.2, -0.15) is 0 Å². The highest BCUT2D eigenvalue weighted by Crippen LogP contribution is 2.26. The number of anilines is 1. The van der Waals surface area contributed by atoms with Gasteiger partial charge in [-0.15, -0.1) is 0 Å². The molecule has 0 aliphatic rings. The summed E-state index contributed by atoms with van der Waals surface area (Å²) >= 11 is 6.91. The minimum Gasteiger partial charge on any atom is -0.467 e. The topological polar surface area (TPSA) is 25.2 Å². The quantitative estimate of drug-likeness (QED) is 0.901. The van der Waals surface area contributed by atoms with Gasteiger partial charge in [0.2, 0.25) is 0 Å². The lowest BCUT2D eigenvalue weighted by atomic mass is 10.3. The summed E-state index contributed by atoms with van der Waals surface area (Å²) in [5.74, 6) is 0.918. The van der Waals surface area contributed by atoms with Gasteiger partial charge in [0.05, 0.1) is 12.8 Å². The van der Waals surface area contributed by atoms with Crippen molar-refractivity contribution in [3.8, 4) is 0 Å². The average Bonchev–Trinajstić information content (AvgIpc) is 2.72. The molecule has 0 radical (unpaired) electrons. The normalized spacial score (nSPS) is 10.3. The molecule has 0 fully saturated rings. The molecule has 0 bridgehead atoms. The lowest BCUT2D eigenvalue weighted by Crippen LogP contribution is -1.98. The Morgan fingerprint density at radius 1 is 1.20 bits per heavy atom. The van der Waals surface area contributed by atoms with Gasteiger partial charge in [0.15, 0.2) is 0 Å². The van der Waals surface area contributed by atoms with Gasteiger partial charge >= 0.3 is 0 Å². The minimum atomic E-state index is 0.683. The van der Waals surface area contributed by atoms with Crippen LogP contribution in [0, 0.1) is 0 Å². The van der Waals surface area contributed by atoms with E-state index in [9.17, 15) is 0 Å². The Bertz CT molecular complexity index is 440. The Labute approximate surface area is 105 Å². The van der Waals surface area contributed by atoms with E-state index in [4.69, 9.17) is 4.42 Å². The van der Waals surface area contributed by atoms with Crippen molar-refractivity contribution in [1.82, 2.24) is 0 Å². The van der Waals surface area contributed by atoms with Crippen molar-refractivity contribution in [2.45, 2.75) is 6.54 Å². The summed E-state index contributed by atoms with van der Waals surface area (Å²) in [6.07, 6.45) is 1.67. The van der Waals surface area contributed by atoms with Crippen molar-refractivity contribution < 1.29 is 4.42 Å².